The van der Waals surface area contributed by atoms with E-state index >= 15 is 0 Å². The lowest BCUT2D eigenvalue weighted by molar-refractivity contribution is 0.103. The van der Waals surface area contributed by atoms with Gasteiger partial charge in [0, 0.05) is 20.9 Å². The third-order valence-electron chi connectivity index (χ3n) is 2.92. The summed E-state index contributed by atoms with van der Waals surface area (Å²) in [5.74, 6) is 0.0304. The smallest absolute Gasteiger partial charge is 0.193 e. The van der Waals surface area contributed by atoms with Crippen molar-refractivity contribution in [2.45, 2.75) is 23.6 Å². The number of carbonyl (C=O) groups is 1. The largest absolute Gasteiger partial charge is 0.289 e. The van der Waals surface area contributed by atoms with Gasteiger partial charge in [-0.1, -0.05) is 0 Å². The number of carbonyl (C=O) groups excluding carboxylic acids is 1. The molecule has 0 heterocycles. The van der Waals surface area contributed by atoms with Crippen LogP contribution in [0.1, 0.15) is 27.0 Å². The van der Waals surface area contributed by atoms with Gasteiger partial charge in [-0.3, -0.25) is 4.79 Å². The van der Waals surface area contributed by atoms with Gasteiger partial charge in [0.2, 0.25) is 0 Å². The van der Waals surface area contributed by atoms with E-state index in [1.165, 1.54) is 0 Å². The highest BCUT2D eigenvalue weighted by Crippen LogP contribution is 2.20. The highest BCUT2D eigenvalue weighted by Gasteiger charge is 2.10. The van der Waals surface area contributed by atoms with Gasteiger partial charge < -0.3 is 0 Å². The van der Waals surface area contributed by atoms with Gasteiger partial charge in [-0.2, -0.15) is 0 Å². The van der Waals surface area contributed by atoms with E-state index in [9.17, 15) is 4.79 Å². The van der Waals surface area contributed by atoms with E-state index < -0.39 is 0 Å². The van der Waals surface area contributed by atoms with Crippen molar-refractivity contribution in [2.75, 3.05) is 0 Å². The van der Waals surface area contributed by atoms with Gasteiger partial charge in [0.05, 0.1) is 0 Å². The summed E-state index contributed by atoms with van der Waals surface area (Å²) in [6, 6.07) is 11.1. The Morgan fingerprint density at radius 3 is 1.56 bits per heavy atom. The van der Waals surface area contributed by atoms with E-state index in [2.05, 4.69) is 25.3 Å². The molecule has 1 nitrogen and oxygen atoms in total. The number of hydrogen-bond acceptors (Lipinski definition) is 3. The first-order chi connectivity index (χ1) is 8.49. The molecule has 0 aromatic heterocycles. The molecule has 2 aromatic rings. The Hall–Kier alpha value is -1.19. The Kier molecular flexibility index (Phi) is 3.83. The van der Waals surface area contributed by atoms with E-state index in [0.29, 0.717) is 11.1 Å². The lowest BCUT2D eigenvalue weighted by atomic mass is 10.0. The van der Waals surface area contributed by atoms with E-state index in [1.54, 1.807) is 0 Å². The maximum atomic E-state index is 12.3. The molecule has 0 bridgehead atoms. The Morgan fingerprint density at radius 1 is 0.833 bits per heavy atom. The highest BCUT2D eigenvalue weighted by atomic mass is 32.1. The van der Waals surface area contributed by atoms with Gasteiger partial charge in [-0.05, 0) is 61.4 Å². The molecule has 0 aliphatic carbocycles. The third-order valence-corrected chi connectivity index (χ3v) is 3.92. The second-order valence-corrected chi connectivity index (χ2v) is 5.30. The second kappa shape index (κ2) is 5.21. The van der Waals surface area contributed by atoms with Crippen molar-refractivity contribution < 1.29 is 4.79 Å². The van der Waals surface area contributed by atoms with Gasteiger partial charge in [-0.15, -0.1) is 25.3 Å². The molecule has 0 spiro atoms. The molecule has 0 N–H and O–H groups in total. The monoisotopic (exact) mass is 274 g/mol. The van der Waals surface area contributed by atoms with Crippen molar-refractivity contribution in [3.8, 4) is 0 Å². The zero-order chi connectivity index (χ0) is 13.3. The molecule has 0 unspecified atom stereocenters. The van der Waals surface area contributed by atoms with Crippen LogP contribution in [0.15, 0.2) is 46.2 Å². The molecule has 0 atom stereocenters. The van der Waals surface area contributed by atoms with Crippen molar-refractivity contribution in [3.05, 3.63) is 58.7 Å². The van der Waals surface area contributed by atoms with Gasteiger partial charge in [0.25, 0.3) is 0 Å². The molecule has 0 aliphatic rings. The second-order valence-electron chi connectivity index (χ2n) is 4.33. The molecule has 18 heavy (non-hydrogen) atoms. The molecule has 3 heteroatoms. The van der Waals surface area contributed by atoms with Crippen LogP contribution in [0.5, 0.6) is 0 Å². The van der Waals surface area contributed by atoms with Crippen molar-refractivity contribution >= 4 is 31.0 Å². The molecule has 0 amide bonds. The van der Waals surface area contributed by atoms with Crippen LogP contribution in [0, 0.1) is 13.8 Å². The maximum Gasteiger partial charge on any atom is 0.193 e. The van der Waals surface area contributed by atoms with Crippen LogP contribution in [0.4, 0.5) is 0 Å². The molecule has 2 rings (SSSR count). The molecular weight excluding hydrogens is 260 g/mol. The van der Waals surface area contributed by atoms with Gasteiger partial charge in [-0.25, -0.2) is 0 Å². The quantitative estimate of drug-likeness (QED) is 0.622. The van der Waals surface area contributed by atoms with E-state index in [-0.39, 0.29) is 5.78 Å². The first-order valence-corrected chi connectivity index (χ1v) is 6.52. The summed E-state index contributed by atoms with van der Waals surface area (Å²) in [6.07, 6.45) is 0. The molecule has 0 aliphatic heterocycles. The number of benzene rings is 2. The van der Waals surface area contributed by atoms with Crippen LogP contribution in [-0.4, -0.2) is 5.78 Å². The van der Waals surface area contributed by atoms with Gasteiger partial charge in [0.1, 0.15) is 0 Å². The summed E-state index contributed by atoms with van der Waals surface area (Å²) in [7, 11) is 0. The van der Waals surface area contributed by atoms with E-state index in [4.69, 9.17) is 0 Å². The van der Waals surface area contributed by atoms with Crippen LogP contribution in [-0.2, 0) is 0 Å². The minimum atomic E-state index is 0.0304. The Bertz CT molecular complexity index is 564. The van der Waals surface area contributed by atoms with Crippen LogP contribution in [0.25, 0.3) is 0 Å². The highest BCUT2D eigenvalue weighted by molar-refractivity contribution is 7.80. The van der Waals surface area contributed by atoms with Gasteiger partial charge >= 0.3 is 0 Å². The molecule has 0 saturated heterocycles. The van der Waals surface area contributed by atoms with Crippen LogP contribution in [0.2, 0.25) is 0 Å². The van der Waals surface area contributed by atoms with Crippen molar-refractivity contribution in [1.82, 2.24) is 0 Å². The van der Waals surface area contributed by atoms with Crippen molar-refractivity contribution in [3.63, 3.8) is 0 Å². The first kappa shape index (κ1) is 13.2. The SMILES string of the molecule is Cc1cc(C(=O)c2ccc(S)c(C)c2)ccc1S. The molecule has 2 aromatic carbocycles. The minimum absolute atomic E-state index is 0.0304. The Morgan fingerprint density at radius 2 is 1.22 bits per heavy atom. The lowest BCUT2D eigenvalue weighted by Crippen LogP contribution is -2.02. The fourth-order valence-electron chi connectivity index (χ4n) is 1.76. The predicted octanol–water partition coefficient (Wildman–Crippen LogP) is 4.11. The minimum Gasteiger partial charge on any atom is -0.289 e. The van der Waals surface area contributed by atoms with E-state index in [1.807, 2.05) is 50.2 Å². The van der Waals surface area contributed by atoms with Gasteiger partial charge in [0.15, 0.2) is 5.78 Å². The summed E-state index contributed by atoms with van der Waals surface area (Å²) in [4.78, 5) is 14.1. The number of thiol groups is 2. The average Bonchev–Trinajstić information content (AvgIpc) is 2.35. The number of aryl methyl sites for hydroxylation is 2. The third kappa shape index (κ3) is 2.62. The Balaban J connectivity index is 2.41. The summed E-state index contributed by atoms with van der Waals surface area (Å²) in [5, 5.41) is 0. The van der Waals surface area contributed by atoms with Crippen LogP contribution in [0.3, 0.4) is 0 Å². The topological polar surface area (TPSA) is 17.1 Å². The summed E-state index contributed by atoms with van der Waals surface area (Å²) in [5.41, 5.74) is 3.40. The molecule has 0 radical (unpaired) electrons. The van der Waals surface area contributed by atoms with Crippen LogP contribution < -0.4 is 0 Å². The normalized spacial score (nSPS) is 10.4. The summed E-state index contributed by atoms with van der Waals surface area (Å²) < 4.78 is 0. The first-order valence-electron chi connectivity index (χ1n) is 5.63. The molecule has 92 valence electrons. The summed E-state index contributed by atoms with van der Waals surface area (Å²) >= 11 is 8.62. The van der Waals surface area contributed by atoms with Crippen molar-refractivity contribution in [1.29, 1.82) is 0 Å². The number of rotatable bonds is 2. The molecule has 0 fully saturated rings. The molecule has 0 saturated carbocycles. The maximum absolute atomic E-state index is 12.3. The average molecular weight is 274 g/mol. The van der Waals surface area contributed by atoms with E-state index in [0.717, 1.165) is 20.9 Å². The lowest BCUT2D eigenvalue weighted by Gasteiger charge is -2.06. The zero-order valence-electron chi connectivity index (χ0n) is 10.3. The molecular formula is C15H14OS2. The zero-order valence-corrected chi connectivity index (χ0v) is 12.1. The fraction of sp³-hybridized carbons (Fsp3) is 0.133. The predicted molar refractivity (Wildman–Crippen MR) is 80.3 cm³/mol. The number of hydrogen-bond donors (Lipinski definition) is 2. The van der Waals surface area contributed by atoms with Crippen LogP contribution >= 0.6 is 25.3 Å². The standard InChI is InChI=1S/C15H14OS2/c1-9-7-11(3-5-13(9)17)15(16)12-4-6-14(18)10(2)8-12/h3-8,17-18H,1-2H3. The summed E-state index contributed by atoms with van der Waals surface area (Å²) in [6.45, 7) is 3.89. The number of ketones is 1. The Labute approximate surface area is 118 Å². The van der Waals surface area contributed by atoms with Crippen molar-refractivity contribution in [2.24, 2.45) is 0 Å². The fourth-order valence-corrected chi connectivity index (χ4v) is 2.04.